The first-order valence-electron chi connectivity index (χ1n) is 4.93. The summed E-state index contributed by atoms with van der Waals surface area (Å²) in [4.78, 5) is 32.5. The number of anilines is 2. The van der Waals surface area contributed by atoms with E-state index in [0.717, 1.165) is 0 Å². The minimum absolute atomic E-state index is 0.152. The number of urea groups is 1. The molecule has 0 fully saturated rings. The minimum Gasteiger partial charge on any atom is -0.351 e. The number of rotatable bonds is 4. The van der Waals surface area contributed by atoms with Crippen LogP contribution in [0.25, 0.3) is 0 Å². The lowest BCUT2D eigenvalue weighted by atomic mass is 10.2. The normalized spacial score (nSPS) is 9.47. The van der Waals surface area contributed by atoms with Crippen molar-refractivity contribution in [3.05, 3.63) is 24.3 Å². The van der Waals surface area contributed by atoms with Crippen molar-refractivity contribution in [2.75, 3.05) is 10.6 Å². The number of ketones is 1. The standard InChI is InChI=1S/C11H13N3O3/c1-7(15)6-10(16)13-8-2-4-9(5-3-8)14-11(12)17/h2-5H,6H2,1H3,(H,13,16)(H3,12,14,17). The summed E-state index contributed by atoms with van der Waals surface area (Å²) in [5.41, 5.74) is 6.02. The smallest absolute Gasteiger partial charge is 0.316 e. The molecule has 0 unspecified atom stereocenters. The molecular weight excluding hydrogens is 222 g/mol. The van der Waals surface area contributed by atoms with Crippen LogP contribution in [0, 0.1) is 0 Å². The lowest BCUT2D eigenvalue weighted by Gasteiger charge is -2.05. The lowest BCUT2D eigenvalue weighted by Crippen LogP contribution is -2.19. The number of benzene rings is 1. The maximum Gasteiger partial charge on any atom is 0.316 e. The lowest BCUT2D eigenvalue weighted by molar-refractivity contribution is -0.124. The van der Waals surface area contributed by atoms with Gasteiger partial charge in [-0.15, -0.1) is 0 Å². The number of amides is 3. The van der Waals surface area contributed by atoms with E-state index in [-0.39, 0.29) is 18.1 Å². The van der Waals surface area contributed by atoms with Gasteiger partial charge in [-0.1, -0.05) is 0 Å². The first-order chi connectivity index (χ1) is 7.97. The summed E-state index contributed by atoms with van der Waals surface area (Å²) >= 11 is 0. The van der Waals surface area contributed by atoms with Crippen LogP contribution in [0.1, 0.15) is 13.3 Å². The highest BCUT2D eigenvalue weighted by Gasteiger charge is 2.05. The zero-order valence-corrected chi connectivity index (χ0v) is 9.32. The summed E-state index contributed by atoms with van der Waals surface area (Å²) in [7, 11) is 0. The molecule has 0 atom stereocenters. The second-order valence-corrected chi connectivity index (χ2v) is 3.49. The highest BCUT2D eigenvalue weighted by Crippen LogP contribution is 2.13. The van der Waals surface area contributed by atoms with Crippen LogP contribution in [0.4, 0.5) is 16.2 Å². The number of carbonyl (C=O) groups excluding carboxylic acids is 3. The van der Waals surface area contributed by atoms with Crippen molar-refractivity contribution in [3.63, 3.8) is 0 Å². The van der Waals surface area contributed by atoms with E-state index in [1.807, 2.05) is 0 Å². The highest BCUT2D eigenvalue weighted by molar-refractivity contribution is 6.03. The second-order valence-electron chi connectivity index (χ2n) is 3.49. The van der Waals surface area contributed by atoms with Gasteiger partial charge < -0.3 is 16.4 Å². The quantitative estimate of drug-likeness (QED) is 0.681. The van der Waals surface area contributed by atoms with E-state index < -0.39 is 6.03 Å². The van der Waals surface area contributed by atoms with Gasteiger partial charge in [0.2, 0.25) is 5.91 Å². The highest BCUT2D eigenvalue weighted by atomic mass is 16.2. The molecule has 6 heteroatoms. The summed E-state index contributed by atoms with van der Waals surface area (Å²) < 4.78 is 0. The van der Waals surface area contributed by atoms with E-state index in [1.165, 1.54) is 6.92 Å². The fourth-order valence-corrected chi connectivity index (χ4v) is 1.21. The zero-order valence-electron chi connectivity index (χ0n) is 9.32. The molecule has 3 amide bonds. The molecule has 0 spiro atoms. The van der Waals surface area contributed by atoms with Crippen molar-refractivity contribution in [1.82, 2.24) is 0 Å². The molecular formula is C11H13N3O3. The van der Waals surface area contributed by atoms with Gasteiger partial charge in [-0.25, -0.2) is 4.79 Å². The van der Waals surface area contributed by atoms with Crippen molar-refractivity contribution in [2.45, 2.75) is 13.3 Å². The van der Waals surface area contributed by atoms with Gasteiger partial charge in [-0.3, -0.25) is 9.59 Å². The molecule has 1 aromatic carbocycles. The molecule has 0 saturated carbocycles. The number of hydrogen-bond donors (Lipinski definition) is 3. The SMILES string of the molecule is CC(=O)CC(=O)Nc1ccc(NC(N)=O)cc1. The van der Waals surface area contributed by atoms with Crippen molar-refractivity contribution >= 4 is 29.1 Å². The van der Waals surface area contributed by atoms with Crippen molar-refractivity contribution in [3.8, 4) is 0 Å². The Hall–Kier alpha value is -2.37. The predicted molar refractivity (Wildman–Crippen MR) is 63.6 cm³/mol. The fourth-order valence-electron chi connectivity index (χ4n) is 1.21. The van der Waals surface area contributed by atoms with E-state index >= 15 is 0 Å². The number of nitrogens with one attached hydrogen (secondary N) is 2. The molecule has 0 heterocycles. The Morgan fingerprint density at radius 2 is 1.53 bits per heavy atom. The summed E-state index contributed by atoms with van der Waals surface area (Å²) in [5, 5.41) is 4.94. The average molecular weight is 235 g/mol. The third-order valence-electron chi connectivity index (χ3n) is 1.85. The van der Waals surface area contributed by atoms with Gasteiger partial charge in [0.15, 0.2) is 0 Å². The molecule has 0 aromatic heterocycles. The van der Waals surface area contributed by atoms with Gasteiger partial charge in [0, 0.05) is 11.4 Å². The van der Waals surface area contributed by atoms with Gasteiger partial charge in [0.05, 0.1) is 6.42 Å². The Bertz CT molecular complexity index is 440. The van der Waals surface area contributed by atoms with E-state index in [2.05, 4.69) is 10.6 Å². The Balaban J connectivity index is 2.59. The average Bonchev–Trinajstić information content (AvgIpc) is 2.18. The minimum atomic E-state index is -0.654. The van der Waals surface area contributed by atoms with Gasteiger partial charge in [0.1, 0.15) is 5.78 Å². The predicted octanol–water partition coefficient (Wildman–Crippen LogP) is 1.09. The Labute approximate surface area is 98.2 Å². The topological polar surface area (TPSA) is 101 Å². The van der Waals surface area contributed by atoms with Crippen LogP contribution in [0.3, 0.4) is 0 Å². The van der Waals surface area contributed by atoms with Crippen LogP contribution in [0.15, 0.2) is 24.3 Å². The van der Waals surface area contributed by atoms with E-state index in [9.17, 15) is 14.4 Å². The zero-order chi connectivity index (χ0) is 12.8. The molecule has 0 aliphatic rings. The van der Waals surface area contributed by atoms with Crippen LogP contribution >= 0.6 is 0 Å². The monoisotopic (exact) mass is 235 g/mol. The van der Waals surface area contributed by atoms with E-state index in [4.69, 9.17) is 5.73 Å². The van der Waals surface area contributed by atoms with Crippen LogP contribution in [-0.2, 0) is 9.59 Å². The Kier molecular flexibility index (Phi) is 4.21. The second kappa shape index (κ2) is 5.64. The molecule has 90 valence electrons. The summed E-state index contributed by atoms with van der Waals surface area (Å²) in [6.07, 6.45) is -0.152. The maximum atomic E-state index is 11.3. The molecule has 4 N–H and O–H groups in total. The van der Waals surface area contributed by atoms with E-state index in [1.54, 1.807) is 24.3 Å². The molecule has 0 radical (unpaired) electrons. The molecule has 0 aliphatic carbocycles. The number of carbonyl (C=O) groups is 3. The first kappa shape index (κ1) is 12.7. The molecule has 0 saturated heterocycles. The fraction of sp³-hybridized carbons (Fsp3) is 0.182. The summed E-state index contributed by atoms with van der Waals surface area (Å²) in [6, 6.07) is 5.73. The summed E-state index contributed by atoms with van der Waals surface area (Å²) in [6.45, 7) is 1.35. The maximum absolute atomic E-state index is 11.3. The van der Waals surface area contributed by atoms with Gasteiger partial charge >= 0.3 is 6.03 Å². The molecule has 17 heavy (non-hydrogen) atoms. The van der Waals surface area contributed by atoms with Gasteiger partial charge in [-0.2, -0.15) is 0 Å². The van der Waals surface area contributed by atoms with Gasteiger partial charge in [-0.05, 0) is 31.2 Å². The molecule has 1 aromatic rings. The third-order valence-corrected chi connectivity index (χ3v) is 1.85. The van der Waals surface area contributed by atoms with Crippen LogP contribution < -0.4 is 16.4 Å². The number of hydrogen-bond acceptors (Lipinski definition) is 3. The molecule has 0 aliphatic heterocycles. The molecule has 0 bridgehead atoms. The van der Waals surface area contributed by atoms with Crippen molar-refractivity contribution < 1.29 is 14.4 Å². The van der Waals surface area contributed by atoms with Gasteiger partial charge in [0.25, 0.3) is 0 Å². The van der Waals surface area contributed by atoms with Crippen molar-refractivity contribution in [2.24, 2.45) is 5.73 Å². The number of primary amides is 1. The largest absolute Gasteiger partial charge is 0.351 e. The third kappa shape index (κ3) is 4.78. The Morgan fingerprint density at radius 3 is 1.94 bits per heavy atom. The summed E-state index contributed by atoms with van der Waals surface area (Å²) in [5.74, 6) is -0.567. The number of nitrogens with two attached hydrogens (primary N) is 1. The van der Waals surface area contributed by atoms with Crippen LogP contribution in [-0.4, -0.2) is 17.7 Å². The van der Waals surface area contributed by atoms with E-state index in [0.29, 0.717) is 11.4 Å². The van der Waals surface area contributed by atoms with Crippen LogP contribution in [0.5, 0.6) is 0 Å². The molecule has 1 rings (SSSR count). The van der Waals surface area contributed by atoms with Crippen LogP contribution in [0.2, 0.25) is 0 Å². The Morgan fingerprint density at radius 1 is 1.06 bits per heavy atom. The number of Topliss-reactive ketones (excluding diaryl/α,β-unsaturated/α-hetero) is 1. The van der Waals surface area contributed by atoms with Crippen molar-refractivity contribution in [1.29, 1.82) is 0 Å². The molecule has 6 nitrogen and oxygen atoms in total. The first-order valence-corrected chi connectivity index (χ1v) is 4.93.